The molecule has 0 saturated heterocycles. The Labute approximate surface area is 82.8 Å². The van der Waals surface area contributed by atoms with Crippen molar-refractivity contribution in [2.24, 2.45) is 10.4 Å². The zero-order chi connectivity index (χ0) is 10.7. The lowest BCUT2D eigenvalue weighted by Crippen LogP contribution is -2.24. The van der Waals surface area contributed by atoms with Crippen LogP contribution in [0.2, 0.25) is 19.6 Å². The molecule has 0 radical (unpaired) electrons. The van der Waals surface area contributed by atoms with Crippen molar-refractivity contribution < 1.29 is 4.43 Å². The maximum absolute atomic E-state index is 5.58. The van der Waals surface area contributed by atoms with Gasteiger partial charge in [-0.25, -0.2) is 4.99 Å². The van der Waals surface area contributed by atoms with Crippen LogP contribution < -0.4 is 0 Å². The maximum Gasteiger partial charge on any atom is 0.244 e. The van der Waals surface area contributed by atoms with Gasteiger partial charge in [0.05, 0.1) is 0 Å². The summed E-state index contributed by atoms with van der Waals surface area (Å²) in [6.07, 6.45) is 1.87. The third-order valence-corrected chi connectivity index (χ3v) is 1.87. The van der Waals surface area contributed by atoms with Gasteiger partial charge in [0.15, 0.2) is 5.88 Å². The van der Waals surface area contributed by atoms with Crippen molar-refractivity contribution in [1.82, 2.24) is 0 Å². The van der Waals surface area contributed by atoms with E-state index in [1.807, 2.05) is 6.21 Å². The Kier molecular flexibility index (Phi) is 3.91. The van der Waals surface area contributed by atoms with Crippen LogP contribution in [0.15, 0.2) is 17.5 Å². The fourth-order valence-corrected chi connectivity index (χ4v) is 1.41. The summed E-state index contributed by atoms with van der Waals surface area (Å²) in [6, 6.07) is 0. The highest BCUT2D eigenvalue weighted by Crippen LogP contribution is 2.13. The Morgan fingerprint density at radius 3 is 2.08 bits per heavy atom. The van der Waals surface area contributed by atoms with Gasteiger partial charge in [-0.05, 0) is 31.6 Å². The summed E-state index contributed by atoms with van der Waals surface area (Å²) in [5.41, 5.74) is 0.0890. The molecule has 0 atom stereocenters. The van der Waals surface area contributed by atoms with Crippen molar-refractivity contribution in [2.75, 3.05) is 0 Å². The minimum Gasteiger partial charge on any atom is -0.532 e. The van der Waals surface area contributed by atoms with Gasteiger partial charge in [0, 0.05) is 6.21 Å². The molecule has 3 heteroatoms. The Hall–Kier alpha value is -0.573. The van der Waals surface area contributed by atoms with Crippen molar-refractivity contribution in [1.29, 1.82) is 0 Å². The Bertz CT molecular complexity index is 208. The fraction of sp³-hybridized carbons (Fsp3) is 0.700. The number of aliphatic imine (C=N–C) groups is 1. The second kappa shape index (κ2) is 4.09. The van der Waals surface area contributed by atoms with Gasteiger partial charge in [0.25, 0.3) is 0 Å². The second-order valence-electron chi connectivity index (χ2n) is 5.23. The largest absolute Gasteiger partial charge is 0.532 e. The Morgan fingerprint density at radius 1 is 1.31 bits per heavy atom. The van der Waals surface area contributed by atoms with E-state index in [1.54, 1.807) is 0 Å². The first kappa shape index (κ1) is 12.4. The van der Waals surface area contributed by atoms with Crippen molar-refractivity contribution in [3.63, 3.8) is 0 Å². The summed E-state index contributed by atoms with van der Waals surface area (Å²) >= 11 is 0. The Balaban J connectivity index is 4.11. The molecule has 0 heterocycles. The van der Waals surface area contributed by atoms with Crippen LogP contribution in [0.4, 0.5) is 0 Å². The van der Waals surface area contributed by atoms with E-state index in [0.29, 0.717) is 5.88 Å². The smallest absolute Gasteiger partial charge is 0.244 e. The van der Waals surface area contributed by atoms with Gasteiger partial charge in [0.2, 0.25) is 8.32 Å². The molecule has 13 heavy (non-hydrogen) atoms. The van der Waals surface area contributed by atoms with Gasteiger partial charge in [-0.15, -0.1) is 0 Å². The molecule has 0 aromatic heterocycles. The van der Waals surface area contributed by atoms with Crippen molar-refractivity contribution in [3.8, 4) is 0 Å². The van der Waals surface area contributed by atoms with Crippen molar-refractivity contribution >= 4 is 14.5 Å². The Morgan fingerprint density at radius 2 is 1.77 bits per heavy atom. The SMILES string of the molecule is C=C(/N=C/C(C)(C)C)O[Si](C)(C)C. The molecule has 0 rings (SSSR count). The van der Waals surface area contributed by atoms with Crippen LogP contribution in [-0.2, 0) is 4.43 Å². The van der Waals surface area contributed by atoms with E-state index in [9.17, 15) is 0 Å². The molecule has 0 N–H and O–H groups in total. The third kappa shape index (κ3) is 9.34. The molecule has 2 nitrogen and oxygen atoms in total. The topological polar surface area (TPSA) is 21.6 Å². The number of hydrogen-bond donors (Lipinski definition) is 0. The molecule has 0 aliphatic carbocycles. The molecule has 76 valence electrons. The second-order valence-corrected chi connectivity index (χ2v) is 9.66. The number of rotatable bonds is 3. The summed E-state index contributed by atoms with van der Waals surface area (Å²) in [6.45, 7) is 16.4. The quantitative estimate of drug-likeness (QED) is 0.388. The summed E-state index contributed by atoms with van der Waals surface area (Å²) in [5.74, 6) is 0.536. The molecule has 0 aliphatic rings. The minimum absolute atomic E-state index is 0.0890. The molecule has 0 amide bonds. The normalized spacial score (nSPS) is 13.4. The van der Waals surface area contributed by atoms with Gasteiger partial charge in [-0.3, -0.25) is 0 Å². The predicted octanol–water partition coefficient (Wildman–Crippen LogP) is 3.43. The molecule has 0 unspecified atom stereocenters. The number of hydrogen-bond acceptors (Lipinski definition) is 2. The van der Waals surface area contributed by atoms with E-state index in [2.05, 4.69) is 52.0 Å². The standard InChI is InChI=1S/C10H21NOSi/c1-9(12-13(5,6)7)11-8-10(2,3)4/h8H,1H2,2-7H3/b11-8+. The van der Waals surface area contributed by atoms with Gasteiger partial charge in [0.1, 0.15) is 0 Å². The van der Waals surface area contributed by atoms with E-state index in [4.69, 9.17) is 4.43 Å². The van der Waals surface area contributed by atoms with Crippen LogP contribution in [-0.4, -0.2) is 14.5 Å². The van der Waals surface area contributed by atoms with E-state index < -0.39 is 8.32 Å². The highest BCUT2D eigenvalue weighted by Gasteiger charge is 2.16. The molecule has 0 aromatic rings. The number of nitrogens with zero attached hydrogens (tertiary/aromatic N) is 1. The molecule has 0 aromatic carbocycles. The van der Waals surface area contributed by atoms with E-state index in [1.165, 1.54) is 0 Å². The van der Waals surface area contributed by atoms with Crippen LogP contribution in [0.25, 0.3) is 0 Å². The molecule has 0 aliphatic heterocycles. The summed E-state index contributed by atoms with van der Waals surface area (Å²) in [5, 5.41) is 0. The van der Waals surface area contributed by atoms with Gasteiger partial charge < -0.3 is 4.43 Å². The van der Waals surface area contributed by atoms with Gasteiger partial charge in [-0.1, -0.05) is 20.8 Å². The molecular weight excluding hydrogens is 178 g/mol. The molecule has 0 fully saturated rings. The minimum atomic E-state index is -1.53. The van der Waals surface area contributed by atoms with E-state index in [0.717, 1.165) is 0 Å². The molecule has 0 spiro atoms. The first-order valence-electron chi connectivity index (χ1n) is 4.53. The van der Waals surface area contributed by atoms with Crippen LogP contribution in [0.5, 0.6) is 0 Å². The monoisotopic (exact) mass is 199 g/mol. The first-order chi connectivity index (χ1) is 5.60. The van der Waals surface area contributed by atoms with Crippen molar-refractivity contribution in [2.45, 2.75) is 40.4 Å². The zero-order valence-corrected chi connectivity index (χ0v) is 10.6. The van der Waals surface area contributed by atoms with Crippen LogP contribution in [0, 0.1) is 5.41 Å². The van der Waals surface area contributed by atoms with Gasteiger partial charge >= 0.3 is 0 Å². The molecule has 0 saturated carbocycles. The average molecular weight is 199 g/mol. The highest BCUT2D eigenvalue weighted by atomic mass is 28.4. The fourth-order valence-electron chi connectivity index (χ4n) is 0.645. The van der Waals surface area contributed by atoms with Crippen LogP contribution in [0.3, 0.4) is 0 Å². The molecule has 0 bridgehead atoms. The summed E-state index contributed by atoms with van der Waals surface area (Å²) in [4.78, 5) is 4.17. The third-order valence-electron chi connectivity index (χ3n) is 1.02. The average Bonchev–Trinajstić information content (AvgIpc) is 1.78. The zero-order valence-electron chi connectivity index (χ0n) is 9.64. The summed E-state index contributed by atoms with van der Waals surface area (Å²) < 4.78 is 5.58. The van der Waals surface area contributed by atoms with Crippen LogP contribution in [0.1, 0.15) is 20.8 Å². The molecular formula is C10H21NOSi. The highest BCUT2D eigenvalue weighted by molar-refractivity contribution is 6.70. The van der Waals surface area contributed by atoms with E-state index in [-0.39, 0.29) is 5.41 Å². The maximum atomic E-state index is 5.58. The van der Waals surface area contributed by atoms with E-state index >= 15 is 0 Å². The lowest BCUT2D eigenvalue weighted by atomic mass is 9.99. The lowest BCUT2D eigenvalue weighted by molar-refractivity contribution is 0.418. The summed E-state index contributed by atoms with van der Waals surface area (Å²) in [7, 11) is -1.53. The lowest BCUT2D eigenvalue weighted by Gasteiger charge is -2.19. The predicted molar refractivity (Wildman–Crippen MR) is 61.5 cm³/mol. The van der Waals surface area contributed by atoms with Crippen molar-refractivity contribution in [3.05, 3.63) is 12.5 Å². The first-order valence-corrected chi connectivity index (χ1v) is 7.94. The van der Waals surface area contributed by atoms with Gasteiger partial charge in [-0.2, -0.15) is 0 Å². The van der Waals surface area contributed by atoms with Crippen LogP contribution >= 0.6 is 0 Å².